The van der Waals surface area contributed by atoms with Gasteiger partial charge < -0.3 is 4.98 Å². The van der Waals surface area contributed by atoms with Gasteiger partial charge in [-0.1, -0.05) is 12.2 Å². The SMILES string of the molecule is Cc1c2c([nH]c(=S)c1C#N)CCCC2. The van der Waals surface area contributed by atoms with Crippen LogP contribution in [-0.2, 0) is 12.8 Å². The van der Waals surface area contributed by atoms with Crippen molar-refractivity contribution in [2.75, 3.05) is 0 Å². The van der Waals surface area contributed by atoms with Crippen molar-refractivity contribution in [2.24, 2.45) is 0 Å². The number of pyridine rings is 1. The maximum atomic E-state index is 8.96. The average Bonchev–Trinajstić information content (AvgIpc) is 2.18. The molecule has 14 heavy (non-hydrogen) atoms. The van der Waals surface area contributed by atoms with E-state index in [0.29, 0.717) is 10.2 Å². The molecule has 0 atom stereocenters. The van der Waals surface area contributed by atoms with Gasteiger partial charge in [-0.15, -0.1) is 0 Å². The van der Waals surface area contributed by atoms with Crippen LogP contribution in [0.15, 0.2) is 0 Å². The minimum absolute atomic E-state index is 0.602. The summed E-state index contributed by atoms with van der Waals surface area (Å²) in [5, 5.41) is 8.96. The van der Waals surface area contributed by atoms with Crippen LogP contribution >= 0.6 is 12.2 Å². The molecule has 0 amide bonds. The predicted octanol–water partition coefficient (Wildman–Crippen LogP) is 2.80. The van der Waals surface area contributed by atoms with Crippen LogP contribution in [0, 0.1) is 22.9 Å². The lowest BCUT2D eigenvalue weighted by atomic mass is 9.91. The van der Waals surface area contributed by atoms with Crippen LogP contribution in [0.2, 0.25) is 0 Å². The molecule has 2 nitrogen and oxygen atoms in total. The number of rotatable bonds is 0. The molecule has 3 heteroatoms. The molecule has 1 aromatic rings. The van der Waals surface area contributed by atoms with Crippen molar-refractivity contribution in [3.8, 4) is 6.07 Å². The number of nitrogens with one attached hydrogen (secondary N) is 1. The number of nitrogens with zero attached hydrogens (tertiary/aromatic N) is 1. The van der Waals surface area contributed by atoms with Gasteiger partial charge in [-0.2, -0.15) is 5.26 Å². The summed E-state index contributed by atoms with van der Waals surface area (Å²) < 4.78 is 0.602. The van der Waals surface area contributed by atoms with Gasteiger partial charge in [0.25, 0.3) is 0 Å². The number of aromatic nitrogens is 1. The van der Waals surface area contributed by atoms with Crippen LogP contribution < -0.4 is 0 Å². The van der Waals surface area contributed by atoms with E-state index in [2.05, 4.69) is 11.1 Å². The molecule has 1 aliphatic rings. The standard InChI is InChI=1S/C11H12N2S/c1-7-8-4-2-3-5-10(8)13-11(14)9(7)6-12/h2-5H2,1H3,(H,13,14). The Labute approximate surface area is 88.6 Å². The van der Waals surface area contributed by atoms with E-state index in [1.54, 1.807) is 0 Å². The minimum atomic E-state index is 0.602. The smallest absolute Gasteiger partial charge is 0.121 e. The Morgan fingerprint density at radius 1 is 1.36 bits per heavy atom. The molecule has 0 bridgehead atoms. The first-order valence-corrected chi connectivity index (χ1v) is 5.29. The zero-order valence-corrected chi connectivity index (χ0v) is 9.00. The summed E-state index contributed by atoms with van der Waals surface area (Å²) in [7, 11) is 0. The van der Waals surface area contributed by atoms with E-state index in [9.17, 15) is 0 Å². The topological polar surface area (TPSA) is 39.6 Å². The van der Waals surface area contributed by atoms with Gasteiger partial charge in [0.05, 0.1) is 5.56 Å². The molecule has 0 saturated carbocycles. The largest absolute Gasteiger partial charge is 0.349 e. The maximum Gasteiger partial charge on any atom is 0.121 e. The summed E-state index contributed by atoms with van der Waals surface area (Å²) in [5.41, 5.74) is 4.31. The molecular weight excluding hydrogens is 192 g/mol. The van der Waals surface area contributed by atoms with Gasteiger partial charge in [0.1, 0.15) is 10.7 Å². The highest BCUT2D eigenvalue weighted by Gasteiger charge is 2.15. The molecule has 0 aromatic carbocycles. The molecular formula is C11H12N2S. The van der Waals surface area contributed by atoms with Crippen LogP contribution in [-0.4, -0.2) is 4.98 Å². The lowest BCUT2D eigenvalue weighted by Gasteiger charge is -2.18. The Kier molecular flexibility index (Phi) is 2.39. The number of aryl methyl sites for hydroxylation is 1. The number of fused-ring (bicyclic) bond motifs is 1. The second-order valence-electron chi connectivity index (χ2n) is 3.73. The van der Waals surface area contributed by atoms with E-state index in [-0.39, 0.29) is 0 Å². The average molecular weight is 204 g/mol. The first-order chi connectivity index (χ1) is 6.74. The Balaban J connectivity index is 2.71. The monoisotopic (exact) mass is 204 g/mol. The van der Waals surface area contributed by atoms with E-state index in [1.165, 1.54) is 24.1 Å². The first kappa shape index (κ1) is 9.42. The number of nitriles is 1. The fourth-order valence-corrected chi connectivity index (χ4v) is 2.43. The van der Waals surface area contributed by atoms with Gasteiger partial charge in [-0.3, -0.25) is 0 Å². The molecule has 0 fully saturated rings. The van der Waals surface area contributed by atoms with Gasteiger partial charge in [-0.25, -0.2) is 0 Å². The zero-order chi connectivity index (χ0) is 10.1. The Hall–Kier alpha value is -1.14. The normalized spacial score (nSPS) is 14.6. The number of hydrogen-bond donors (Lipinski definition) is 1. The number of H-pyrrole nitrogens is 1. The van der Waals surface area contributed by atoms with Gasteiger partial charge in [0.2, 0.25) is 0 Å². The van der Waals surface area contributed by atoms with Crippen LogP contribution in [0.4, 0.5) is 0 Å². The molecule has 0 radical (unpaired) electrons. The van der Waals surface area contributed by atoms with Crippen LogP contribution in [0.25, 0.3) is 0 Å². The third-order valence-electron chi connectivity index (χ3n) is 2.90. The van der Waals surface area contributed by atoms with Crippen LogP contribution in [0.3, 0.4) is 0 Å². The first-order valence-electron chi connectivity index (χ1n) is 4.88. The lowest BCUT2D eigenvalue weighted by molar-refractivity contribution is 0.662. The Morgan fingerprint density at radius 3 is 2.79 bits per heavy atom. The second kappa shape index (κ2) is 3.55. The third kappa shape index (κ3) is 1.36. The number of hydrogen-bond acceptors (Lipinski definition) is 2. The molecule has 0 aliphatic heterocycles. The van der Waals surface area contributed by atoms with E-state index >= 15 is 0 Å². The van der Waals surface area contributed by atoms with Gasteiger partial charge in [-0.05, 0) is 43.7 Å². The highest BCUT2D eigenvalue weighted by Crippen LogP contribution is 2.24. The second-order valence-corrected chi connectivity index (χ2v) is 4.14. The van der Waals surface area contributed by atoms with E-state index < -0.39 is 0 Å². The molecule has 72 valence electrons. The summed E-state index contributed by atoms with van der Waals surface area (Å²) in [6.45, 7) is 2.01. The molecule has 0 spiro atoms. The summed E-state index contributed by atoms with van der Waals surface area (Å²) in [4.78, 5) is 3.18. The van der Waals surface area contributed by atoms with E-state index in [0.717, 1.165) is 18.4 Å². The summed E-state index contributed by atoms with van der Waals surface area (Å²) >= 11 is 5.15. The van der Waals surface area contributed by atoms with E-state index in [4.69, 9.17) is 17.5 Å². The summed E-state index contributed by atoms with van der Waals surface area (Å²) in [6, 6.07) is 2.18. The summed E-state index contributed by atoms with van der Waals surface area (Å²) in [6.07, 6.45) is 4.61. The van der Waals surface area contributed by atoms with Crippen molar-refractivity contribution in [3.05, 3.63) is 27.0 Å². The molecule has 0 unspecified atom stereocenters. The van der Waals surface area contributed by atoms with E-state index in [1.807, 2.05) is 6.92 Å². The van der Waals surface area contributed by atoms with Crippen molar-refractivity contribution in [2.45, 2.75) is 32.6 Å². The summed E-state index contributed by atoms with van der Waals surface area (Å²) in [5.74, 6) is 0. The number of aromatic amines is 1. The zero-order valence-electron chi connectivity index (χ0n) is 8.18. The Morgan fingerprint density at radius 2 is 2.07 bits per heavy atom. The van der Waals surface area contributed by atoms with Gasteiger partial charge in [0, 0.05) is 5.69 Å². The quantitative estimate of drug-likeness (QED) is 0.660. The van der Waals surface area contributed by atoms with Crippen molar-refractivity contribution in [1.82, 2.24) is 4.98 Å². The maximum absolute atomic E-state index is 8.96. The lowest BCUT2D eigenvalue weighted by Crippen LogP contribution is -2.09. The molecule has 1 aromatic heterocycles. The fraction of sp³-hybridized carbons (Fsp3) is 0.455. The van der Waals surface area contributed by atoms with Gasteiger partial charge >= 0.3 is 0 Å². The molecule has 1 aliphatic carbocycles. The van der Waals surface area contributed by atoms with Crippen molar-refractivity contribution in [1.29, 1.82) is 5.26 Å². The Bertz CT molecular complexity index is 465. The molecule has 0 saturated heterocycles. The fourth-order valence-electron chi connectivity index (χ4n) is 2.11. The van der Waals surface area contributed by atoms with Crippen molar-refractivity contribution in [3.63, 3.8) is 0 Å². The van der Waals surface area contributed by atoms with Gasteiger partial charge in [0.15, 0.2) is 0 Å². The third-order valence-corrected chi connectivity index (χ3v) is 3.20. The van der Waals surface area contributed by atoms with Crippen molar-refractivity contribution >= 4 is 12.2 Å². The highest BCUT2D eigenvalue weighted by molar-refractivity contribution is 7.71. The molecule has 2 rings (SSSR count). The molecule has 1 N–H and O–H groups in total. The minimum Gasteiger partial charge on any atom is -0.349 e. The van der Waals surface area contributed by atoms with Crippen molar-refractivity contribution < 1.29 is 0 Å². The van der Waals surface area contributed by atoms with Crippen LogP contribution in [0.1, 0.15) is 35.2 Å². The molecule has 1 heterocycles. The predicted molar refractivity (Wildman–Crippen MR) is 57.7 cm³/mol. The highest BCUT2D eigenvalue weighted by atomic mass is 32.1. The van der Waals surface area contributed by atoms with Crippen LogP contribution in [0.5, 0.6) is 0 Å².